The van der Waals surface area contributed by atoms with Crippen LogP contribution >= 0.6 is 31.9 Å². The van der Waals surface area contributed by atoms with Gasteiger partial charge in [-0.3, -0.25) is 4.79 Å². The Labute approximate surface area is 140 Å². The fourth-order valence-corrected chi connectivity index (χ4v) is 2.88. The average molecular weight is 438 g/mol. The van der Waals surface area contributed by atoms with Gasteiger partial charge in [0.05, 0.1) is 21.3 Å². The third-order valence-corrected chi connectivity index (χ3v) is 3.73. The number of hydrogen-bond acceptors (Lipinski definition) is 2. The summed E-state index contributed by atoms with van der Waals surface area (Å²) in [5.74, 6) is -1.18. The van der Waals surface area contributed by atoms with Gasteiger partial charge in [-0.1, -0.05) is 22.0 Å². The Bertz CT molecular complexity index is 733. The molecule has 0 aromatic heterocycles. The number of phenolic OH excluding ortho intramolecular Hbond substituents is 1. The lowest BCUT2D eigenvalue weighted by molar-refractivity contribution is -0.137. The first-order valence-corrected chi connectivity index (χ1v) is 7.38. The van der Waals surface area contributed by atoms with E-state index in [1.807, 2.05) is 0 Å². The topological polar surface area (TPSA) is 51.4 Å². The molecule has 0 aliphatic rings. The highest BCUT2D eigenvalue weighted by Gasteiger charge is 2.30. The number of carbonyl (C=O) groups excluding carboxylic acids is 1. The second-order valence-corrected chi connectivity index (χ2v) is 6.02. The average Bonchev–Trinajstić information content (AvgIpc) is 2.42. The molecule has 0 unspecified atom stereocenters. The maximum atomic E-state index is 12.6. The van der Waals surface area contributed by atoms with Crippen LogP contribution in [0.25, 0.3) is 0 Å². The molecule has 0 fully saturated rings. The molecule has 2 rings (SSSR count). The van der Waals surface area contributed by atoms with Gasteiger partial charge in [-0.05, 0) is 46.3 Å². The molecule has 0 aliphatic carbocycles. The van der Waals surface area contributed by atoms with Crippen LogP contribution in [0, 0.1) is 0 Å². The van der Waals surface area contributed by atoms with Crippen molar-refractivity contribution >= 4 is 43.5 Å². The van der Waals surface area contributed by atoms with Gasteiger partial charge in [0.1, 0.15) is 5.75 Å². The molecular weight excluding hydrogens is 431 g/mol. The lowest BCUT2D eigenvalue weighted by Crippen LogP contribution is -2.12. The van der Waals surface area contributed by atoms with Crippen molar-refractivity contribution in [3.05, 3.63) is 56.5 Å². The van der Waals surface area contributed by atoms with E-state index >= 15 is 0 Å². The van der Waals surface area contributed by atoms with Crippen molar-refractivity contribution in [3.8, 4) is 5.75 Å². The summed E-state index contributed by atoms with van der Waals surface area (Å²) in [5.41, 5.74) is -1.17. The second-order valence-electron chi connectivity index (χ2n) is 4.25. The summed E-state index contributed by atoms with van der Waals surface area (Å²) in [4.78, 5) is 12.1. The first-order valence-electron chi connectivity index (χ1n) is 5.80. The lowest BCUT2D eigenvalue weighted by Gasteiger charge is -2.09. The first-order chi connectivity index (χ1) is 10.2. The van der Waals surface area contributed by atoms with Crippen molar-refractivity contribution in [2.75, 3.05) is 0 Å². The van der Waals surface area contributed by atoms with Crippen LogP contribution in [0.4, 0.5) is 18.9 Å². The van der Waals surface area contributed by atoms with Crippen LogP contribution in [0.3, 0.4) is 0 Å². The molecule has 22 heavy (non-hydrogen) atoms. The van der Waals surface area contributed by atoms with E-state index in [9.17, 15) is 23.1 Å². The van der Waals surface area contributed by atoms with Crippen LogP contribution in [0.15, 0.2) is 45.3 Å². The molecule has 8 heteroatoms. The monoisotopic (exact) mass is 436 g/mol. The Kier molecular flexibility index (Phi) is 4.81. The van der Waals surface area contributed by atoms with E-state index in [1.165, 1.54) is 18.2 Å². The number of hydrogen-bond donors (Lipinski definition) is 1. The maximum Gasteiger partial charge on any atom is 0.416 e. The van der Waals surface area contributed by atoms with Gasteiger partial charge < -0.3 is 5.11 Å². The van der Waals surface area contributed by atoms with Gasteiger partial charge in [-0.15, -0.1) is 0 Å². The largest absolute Gasteiger partial charge is 0.506 e. The van der Waals surface area contributed by atoms with Crippen LogP contribution in [0.2, 0.25) is 0 Å². The third kappa shape index (κ3) is 3.80. The first kappa shape index (κ1) is 16.8. The maximum absolute atomic E-state index is 12.6. The summed E-state index contributed by atoms with van der Waals surface area (Å²) in [6, 6.07) is 6.94. The van der Waals surface area contributed by atoms with Gasteiger partial charge in [0.15, 0.2) is 0 Å². The van der Waals surface area contributed by atoms with Gasteiger partial charge in [-0.2, -0.15) is 13.2 Å². The molecular formula is C14H7Br2F3NO2. The van der Waals surface area contributed by atoms with Gasteiger partial charge in [0, 0.05) is 4.47 Å². The summed E-state index contributed by atoms with van der Waals surface area (Å²) in [5, 5.41) is 13.4. The van der Waals surface area contributed by atoms with E-state index in [0.717, 1.165) is 18.2 Å². The van der Waals surface area contributed by atoms with Gasteiger partial charge in [0.2, 0.25) is 0 Å². The van der Waals surface area contributed by atoms with Crippen molar-refractivity contribution in [2.24, 2.45) is 0 Å². The van der Waals surface area contributed by atoms with Crippen LogP contribution in [0.5, 0.6) is 5.75 Å². The molecule has 0 atom stereocenters. The molecule has 1 N–H and O–H groups in total. The minimum absolute atomic E-state index is 0.126. The number of phenols is 1. The zero-order valence-corrected chi connectivity index (χ0v) is 13.8. The fraction of sp³-hybridized carbons (Fsp3) is 0.0714. The number of halogens is 5. The van der Waals surface area contributed by atoms with E-state index in [-0.39, 0.29) is 21.5 Å². The Hall–Kier alpha value is -1.54. The fourth-order valence-electron chi connectivity index (χ4n) is 1.66. The van der Waals surface area contributed by atoms with Crippen LogP contribution < -0.4 is 5.32 Å². The number of benzene rings is 2. The van der Waals surface area contributed by atoms with E-state index in [1.54, 1.807) is 0 Å². The number of nitrogens with zero attached hydrogens (tertiary/aromatic N) is 1. The summed E-state index contributed by atoms with van der Waals surface area (Å²) < 4.78 is 38.6. The van der Waals surface area contributed by atoms with Gasteiger partial charge in [0.25, 0.3) is 5.91 Å². The number of aromatic hydroxyl groups is 1. The molecule has 3 nitrogen and oxygen atoms in total. The Morgan fingerprint density at radius 1 is 1.14 bits per heavy atom. The molecule has 1 amide bonds. The Morgan fingerprint density at radius 3 is 2.45 bits per heavy atom. The molecule has 2 aromatic rings. The van der Waals surface area contributed by atoms with E-state index in [0.29, 0.717) is 4.47 Å². The molecule has 115 valence electrons. The summed E-state index contributed by atoms with van der Waals surface area (Å²) >= 11 is 6.22. The highest BCUT2D eigenvalue weighted by Crippen LogP contribution is 2.33. The zero-order valence-electron chi connectivity index (χ0n) is 10.7. The quantitative estimate of drug-likeness (QED) is 0.717. The van der Waals surface area contributed by atoms with Crippen molar-refractivity contribution < 1.29 is 23.1 Å². The van der Waals surface area contributed by atoms with Crippen LogP contribution in [-0.4, -0.2) is 11.0 Å². The van der Waals surface area contributed by atoms with E-state index < -0.39 is 17.6 Å². The minimum atomic E-state index is -4.52. The highest BCUT2D eigenvalue weighted by molar-refractivity contribution is 9.11. The van der Waals surface area contributed by atoms with E-state index in [2.05, 4.69) is 37.2 Å². The molecule has 0 saturated carbocycles. The predicted molar refractivity (Wildman–Crippen MR) is 81.1 cm³/mol. The molecule has 0 aliphatic heterocycles. The Balaban J connectivity index is 2.30. The standard InChI is InChI=1S/C14H7Br2F3NO2/c15-8-5-10(12(21)11(16)6-8)13(22)20-9-3-1-2-7(4-9)14(17,18)19/h1-6,21H. The normalized spacial score (nSPS) is 11.3. The molecule has 0 bridgehead atoms. The van der Waals surface area contributed by atoms with E-state index in [4.69, 9.17) is 0 Å². The molecule has 0 saturated heterocycles. The molecule has 1 radical (unpaired) electrons. The number of amides is 1. The Morgan fingerprint density at radius 2 is 1.82 bits per heavy atom. The summed E-state index contributed by atoms with van der Waals surface area (Å²) in [6.45, 7) is 0. The SMILES string of the molecule is O=C([N]c1cccc(C(F)(F)F)c1)c1cc(Br)cc(Br)c1O. The minimum Gasteiger partial charge on any atom is -0.506 e. The summed E-state index contributed by atoms with van der Waals surface area (Å²) in [6.07, 6.45) is -4.52. The molecule has 0 heterocycles. The number of carbonyl (C=O) groups is 1. The third-order valence-electron chi connectivity index (χ3n) is 2.66. The van der Waals surface area contributed by atoms with Gasteiger partial charge in [-0.25, -0.2) is 5.32 Å². The van der Waals surface area contributed by atoms with Gasteiger partial charge >= 0.3 is 6.18 Å². The van der Waals surface area contributed by atoms with Crippen molar-refractivity contribution in [1.82, 2.24) is 5.32 Å². The molecule has 0 spiro atoms. The smallest absolute Gasteiger partial charge is 0.416 e. The number of rotatable bonds is 2. The highest BCUT2D eigenvalue weighted by atomic mass is 79.9. The van der Waals surface area contributed by atoms with Crippen LogP contribution in [-0.2, 0) is 6.18 Å². The molecule has 2 aromatic carbocycles. The van der Waals surface area contributed by atoms with Crippen molar-refractivity contribution in [1.29, 1.82) is 0 Å². The predicted octanol–water partition coefficient (Wildman–Crippen LogP) is 5.01. The number of alkyl halides is 3. The van der Waals surface area contributed by atoms with Crippen molar-refractivity contribution in [2.45, 2.75) is 6.18 Å². The van der Waals surface area contributed by atoms with Crippen LogP contribution in [0.1, 0.15) is 15.9 Å². The summed E-state index contributed by atoms with van der Waals surface area (Å²) in [7, 11) is 0. The van der Waals surface area contributed by atoms with Crippen molar-refractivity contribution in [3.63, 3.8) is 0 Å². The zero-order chi connectivity index (χ0) is 16.5. The second kappa shape index (κ2) is 6.29. The lowest BCUT2D eigenvalue weighted by atomic mass is 10.1.